The Bertz CT molecular complexity index is 1350. The van der Waals surface area contributed by atoms with Crippen molar-refractivity contribution in [2.24, 2.45) is 5.92 Å². The number of halogens is 2. The van der Waals surface area contributed by atoms with E-state index >= 15 is 8.78 Å². The molecule has 1 aromatic carbocycles. The predicted molar refractivity (Wildman–Crippen MR) is 165 cm³/mol. The number of hydrogen-bond acceptors (Lipinski definition) is 8. The van der Waals surface area contributed by atoms with Gasteiger partial charge in [0.15, 0.2) is 10.9 Å². The van der Waals surface area contributed by atoms with Gasteiger partial charge in [0.1, 0.15) is 17.2 Å². The summed E-state index contributed by atoms with van der Waals surface area (Å²) in [6.45, 7) is 9.41. The van der Waals surface area contributed by atoms with Crippen LogP contribution in [0.2, 0.25) is 0 Å². The van der Waals surface area contributed by atoms with E-state index in [-0.39, 0.29) is 33.7 Å². The van der Waals surface area contributed by atoms with Crippen molar-refractivity contribution in [3.8, 4) is 0 Å². The highest BCUT2D eigenvalue weighted by molar-refractivity contribution is 7.80. The summed E-state index contributed by atoms with van der Waals surface area (Å²) in [7, 11) is 0. The van der Waals surface area contributed by atoms with E-state index in [1.165, 1.54) is 6.20 Å². The van der Waals surface area contributed by atoms with Crippen LogP contribution in [0.4, 0.5) is 30.8 Å². The SMILES string of the molecule is CC(C)(C)OC(=O)N1CCN(Cc2ccnc(NC(=S)Nc3cc(F)c(/C(C=N)=C/NCC4CC4)c(F)c3N)c2)CC1. The zero-order valence-corrected chi connectivity index (χ0v) is 24.9. The molecule has 42 heavy (non-hydrogen) atoms. The molecule has 13 heteroatoms. The number of nitrogen functional groups attached to an aromatic ring is 1. The number of hydrogen-bond donors (Lipinski definition) is 5. The number of pyridine rings is 1. The van der Waals surface area contributed by atoms with E-state index in [1.807, 2.05) is 32.9 Å². The highest BCUT2D eigenvalue weighted by atomic mass is 32.1. The maximum Gasteiger partial charge on any atom is 0.410 e. The number of piperazine rings is 1. The lowest BCUT2D eigenvalue weighted by Crippen LogP contribution is -2.49. The normalized spacial score (nSPS) is 16.1. The Morgan fingerprint density at radius 3 is 2.57 bits per heavy atom. The first-order valence-corrected chi connectivity index (χ1v) is 14.3. The molecule has 1 aliphatic heterocycles. The van der Waals surface area contributed by atoms with Crippen molar-refractivity contribution in [3.05, 3.63) is 53.4 Å². The van der Waals surface area contributed by atoms with Gasteiger partial charge in [-0.2, -0.15) is 0 Å². The van der Waals surface area contributed by atoms with Gasteiger partial charge in [-0.05, 0) is 69.4 Å². The molecule has 1 amide bonds. The molecule has 1 saturated heterocycles. The fraction of sp³-hybridized carbons (Fsp3) is 0.448. The minimum absolute atomic E-state index is 0.0412. The maximum absolute atomic E-state index is 15.2. The van der Waals surface area contributed by atoms with Crippen LogP contribution in [0.1, 0.15) is 44.7 Å². The molecular weight excluding hydrogens is 562 g/mol. The average Bonchev–Trinajstić information content (AvgIpc) is 3.75. The Morgan fingerprint density at radius 1 is 1.21 bits per heavy atom. The van der Waals surface area contributed by atoms with E-state index in [9.17, 15) is 4.79 Å². The highest BCUT2D eigenvalue weighted by Gasteiger charge is 2.26. The number of nitrogens with two attached hydrogens (primary N) is 1. The molecule has 0 radical (unpaired) electrons. The Kier molecular flexibility index (Phi) is 9.94. The van der Waals surface area contributed by atoms with Crippen molar-refractivity contribution in [3.63, 3.8) is 0 Å². The second-order valence-electron chi connectivity index (χ2n) is 11.5. The number of nitrogens with one attached hydrogen (secondary N) is 4. The van der Waals surface area contributed by atoms with Gasteiger partial charge in [0.25, 0.3) is 0 Å². The molecule has 0 atom stereocenters. The van der Waals surface area contributed by atoms with Gasteiger partial charge in [0.2, 0.25) is 0 Å². The molecule has 226 valence electrons. The molecule has 1 aliphatic carbocycles. The summed E-state index contributed by atoms with van der Waals surface area (Å²) in [5, 5.41) is 16.4. The van der Waals surface area contributed by atoms with Gasteiger partial charge >= 0.3 is 6.09 Å². The van der Waals surface area contributed by atoms with E-state index in [1.54, 1.807) is 11.1 Å². The molecule has 2 heterocycles. The summed E-state index contributed by atoms with van der Waals surface area (Å²) in [5.41, 5.74) is 5.75. The number of ether oxygens (including phenoxy) is 1. The smallest absolute Gasteiger partial charge is 0.410 e. The number of rotatable bonds is 9. The Labute approximate surface area is 250 Å². The van der Waals surface area contributed by atoms with Crippen LogP contribution >= 0.6 is 12.2 Å². The number of carbonyl (C=O) groups is 1. The van der Waals surface area contributed by atoms with E-state index in [0.717, 1.165) is 30.7 Å². The van der Waals surface area contributed by atoms with Gasteiger partial charge < -0.3 is 36.7 Å². The Morgan fingerprint density at radius 2 is 1.93 bits per heavy atom. The molecule has 1 aromatic heterocycles. The third kappa shape index (κ3) is 8.58. The Hall–Kier alpha value is -3.84. The fourth-order valence-electron chi connectivity index (χ4n) is 4.43. The third-order valence-electron chi connectivity index (χ3n) is 6.81. The van der Waals surface area contributed by atoms with Gasteiger partial charge in [-0.15, -0.1) is 0 Å². The molecule has 2 aliphatic rings. The lowest BCUT2D eigenvalue weighted by molar-refractivity contribution is 0.0139. The van der Waals surface area contributed by atoms with Gasteiger partial charge in [0.05, 0.1) is 16.9 Å². The lowest BCUT2D eigenvalue weighted by atomic mass is 10.0. The molecule has 0 unspecified atom stereocenters. The first kappa shape index (κ1) is 31.1. The van der Waals surface area contributed by atoms with Crippen molar-refractivity contribution >= 4 is 52.4 Å². The minimum Gasteiger partial charge on any atom is -0.444 e. The lowest BCUT2D eigenvalue weighted by Gasteiger charge is -2.35. The van der Waals surface area contributed by atoms with Crippen LogP contribution in [0.3, 0.4) is 0 Å². The van der Waals surface area contributed by atoms with Crippen LogP contribution in [-0.2, 0) is 11.3 Å². The van der Waals surface area contributed by atoms with Crippen molar-refractivity contribution in [1.29, 1.82) is 5.41 Å². The second-order valence-corrected chi connectivity index (χ2v) is 11.9. The molecule has 10 nitrogen and oxygen atoms in total. The standard InChI is InChI=1S/C29H38F2N8O2S/c1-29(2,3)41-28(40)39-10-8-38(9-11-39)17-19-6-7-35-23(12-19)37-27(42)36-22-13-21(30)24(25(31)26(22)33)20(14-32)16-34-15-18-4-5-18/h6-7,12-14,16,18,32,34H,4-5,8-11,15,17,33H2,1-3H3,(H2,35,36,37,42)/b20-16+,32-14?. The first-order valence-electron chi connectivity index (χ1n) is 13.9. The molecule has 6 N–H and O–H groups in total. The maximum atomic E-state index is 15.2. The van der Waals surface area contributed by atoms with Gasteiger partial charge in [-0.3, -0.25) is 4.90 Å². The first-order chi connectivity index (χ1) is 19.9. The van der Waals surface area contributed by atoms with Crippen molar-refractivity contribution < 1.29 is 18.3 Å². The van der Waals surface area contributed by atoms with E-state index in [2.05, 4.69) is 25.8 Å². The number of nitrogens with zero attached hydrogens (tertiary/aromatic N) is 3. The number of allylic oxidation sites excluding steroid dienone is 1. The zero-order chi connectivity index (χ0) is 30.4. The summed E-state index contributed by atoms with van der Waals surface area (Å²) in [5.74, 6) is -0.842. The number of amides is 1. The fourth-order valence-corrected chi connectivity index (χ4v) is 4.64. The number of carbonyl (C=O) groups excluding carboxylic acids is 1. The second kappa shape index (κ2) is 13.4. The topological polar surface area (TPSA) is 132 Å². The largest absolute Gasteiger partial charge is 0.444 e. The predicted octanol–water partition coefficient (Wildman–Crippen LogP) is 4.79. The number of anilines is 3. The van der Waals surface area contributed by atoms with Crippen molar-refractivity contribution in [2.45, 2.75) is 45.8 Å². The van der Waals surface area contributed by atoms with Crippen LogP contribution in [0, 0.1) is 23.0 Å². The van der Waals surface area contributed by atoms with Crippen LogP contribution in [0.15, 0.2) is 30.6 Å². The molecule has 1 saturated carbocycles. The minimum atomic E-state index is -0.977. The van der Waals surface area contributed by atoms with E-state index < -0.39 is 17.2 Å². The average molecular weight is 601 g/mol. The monoisotopic (exact) mass is 600 g/mol. The number of benzene rings is 1. The van der Waals surface area contributed by atoms with E-state index in [4.69, 9.17) is 28.1 Å². The van der Waals surface area contributed by atoms with Crippen LogP contribution in [-0.4, -0.2) is 70.5 Å². The van der Waals surface area contributed by atoms with Gasteiger partial charge in [-0.1, -0.05) is 0 Å². The van der Waals surface area contributed by atoms with Gasteiger partial charge in [0, 0.05) is 69.5 Å². The molecule has 2 fully saturated rings. The quantitative estimate of drug-likeness (QED) is 0.157. The molecular formula is C29H38F2N8O2S. The number of thiocarbonyl (C=S) groups is 1. The van der Waals surface area contributed by atoms with Crippen LogP contribution in [0.25, 0.3) is 5.57 Å². The van der Waals surface area contributed by atoms with Crippen molar-refractivity contribution in [2.75, 3.05) is 49.1 Å². The van der Waals surface area contributed by atoms with Crippen molar-refractivity contribution in [1.82, 2.24) is 20.1 Å². The zero-order valence-electron chi connectivity index (χ0n) is 24.1. The third-order valence-corrected chi connectivity index (χ3v) is 7.01. The summed E-state index contributed by atoms with van der Waals surface area (Å²) in [6.07, 6.45) is 5.91. The summed E-state index contributed by atoms with van der Waals surface area (Å²) >= 11 is 5.36. The van der Waals surface area contributed by atoms with Crippen LogP contribution < -0.4 is 21.7 Å². The summed E-state index contributed by atoms with van der Waals surface area (Å²) < 4.78 is 35.6. The summed E-state index contributed by atoms with van der Waals surface area (Å²) in [4.78, 5) is 20.5. The van der Waals surface area contributed by atoms with Crippen LogP contribution in [0.5, 0.6) is 0 Å². The molecule has 0 bridgehead atoms. The molecule has 0 spiro atoms. The molecule has 4 rings (SSSR count). The van der Waals surface area contributed by atoms with Gasteiger partial charge in [-0.25, -0.2) is 18.6 Å². The highest BCUT2D eigenvalue weighted by Crippen LogP contribution is 2.32. The van der Waals surface area contributed by atoms with E-state index in [0.29, 0.717) is 51.0 Å². The summed E-state index contributed by atoms with van der Waals surface area (Å²) in [6, 6.07) is 4.77. The number of aromatic nitrogens is 1. The Balaban J connectivity index is 1.34. The molecule has 2 aromatic rings.